The van der Waals surface area contributed by atoms with Gasteiger partial charge in [0.25, 0.3) is 0 Å². The molecular weight excluding hydrogens is 402 g/mol. The molecule has 1 aromatic heterocycles. The van der Waals surface area contributed by atoms with E-state index in [0.29, 0.717) is 5.82 Å². The highest BCUT2D eigenvalue weighted by Gasteiger charge is 2.20. The van der Waals surface area contributed by atoms with Gasteiger partial charge in [-0.05, 0) is 30.4 Å². The Bertz CT molecular complexity index is 779. The molecule has 1 heterocycles. The van der Waals surface area contributed by atoms with E-state index in [4.69, 9.17) is 15.6 Å². The van der Waals surface area contributed by atoms with Gasteiger partial charge in [0, 0.05) is 16.4 Å². The molecule has 0 radical (unpaired) electrons. The molecule has 1 aromatic carbocycles. The maximum Gasteiger partial charge on any atom is 0.145 e. The van der Waals surface area contributed by atoms with Gasteiger partial charge in [-0.1, -0.05) is 85.5 Å². The standard InChI is InChI=1S/C26H43N3OS/c1-6-7-8-9-10-11-12-13-14-15-18-31-21-16-17-22(23(19-21)30-5)29-25(27)20-24(28-29)26(2,3)4/h16-17,19-20H,6-15,18,27H2,1-5H3. The lowest BCUT2D eigenvalue weighted by molar-refractivity contribution is 0.410. The number of benzene rings is 1. The fraction of sp³-hybridized carbons (Fsp3) is 0.654. The number of anilines is 1. The fourth-order valence-electron chi connectivity index (χ4n) is 3.66. The summed E-state index contributed by atoms with van der Waals surface area (Å²) in [6.45, 7) is 8.71. The summed E-state index contributed by atoms with van der Waals surface area (Å²) in [4.78, 5) is 1.23. The van der Waals surface area contributed by atoms with Crippen LogP contribution in [0.25, 0.3) is 5.69 Å². The van der Waals surface area contributed by atoms with Gasteiger partial charge in [-0.15, -0.1) is 11.8 Å². The molecule has 0 unspecified atom stereocenters. The molecule has 0 spiro atoms. The number of ether oxygens (including phenoxy) is 1. The van der Waals surface area contributed by atoms with Crippen molar-refractivity contribution in [3.8, 4) is 11.4 Å². The van der Waals surface area contributed by atoms with Crippen molar-refractivity contribution in [2.24, 2.45) is 0 Å². The third-order valence-electron chi connectivity index (χ3n) is 5.65. The first-order valence-electron chi connectivity index (χ1n) is 12.0. The molecule has 4 nitrogen and oxygen atoms in total. The lowest BCUT2D eigenvalue weighted by Gasteiger charge is -2.15. The monoisotopic (exact) mass is 445 g/mol. The van der Waals surface area contributed by atoms with Crippen LogP contribution >= 0.6 is 11.8 Å². The summed E-state index contributed by atoms with van der Waals surface area (Å²) >= 11 is 1.90. The van der Waals surface area contributed by atoms with Crippen molar-refractivity contribution in [2.45, 2.75) is 102 Å². The van der Waals surface area contributed by atoms with Crippen LogP contribution < -0.4 is 10.5 Å². The molecule has 2 N–H and O–H groups in total. The molecule has 0 saturated heterocycles. The van der Waals surface area contributed by atoms with Crippen LogP contribution in [0.1, 0.15) is 97.6 Å². The summed E-state index contributed by atoms with van der Waals surface area (Å²) in [5.41, 5.74) is 8.07. The topological polar surface area (TPSA) is 53.1 Å². The molecule has 2 aromatic rings. The Balaban J connectivity index is 1.79. The van der Waals surface area contributed by atoms with Crippen LogP contribution in [0.4, 0.5) is 5.82 Å². The van der Waals surface area contributed by atoms with Crippen LogP contribution in [0.3, 0.4) is 0 Å². The number of rotatable bonds is 14. The van der Waals surface area contributed by atoms with E-state index in [1.165, 1.54) is 69.1 Å². The van der Waals surface area contributed by atoms with Gasteiger partial charge in [-0.25, -0.2) is 4.68 Å². The van der Waals surface area contributed by atoms with E-state index in [1.54, 1.807) is 11.8 Å². The number of nitrogens with two attached hydrogens (primary N) is 1. The predicted molar refractivity (Wildman–Crippen MR) is 136 cm³/mol. The van der Waals surface area contributed by atoms with Gasteiger partial charge in [0.1, 0.15) is 17.3 Å². The van der Waals surface area contributed by atoms with Gasteiger partial charge in [-0.3, -0.25) is 0 Å². The maximum absolute atomic E-state index is 6.25. The quantitative estimate of drug-likeness (QED) is 0.238. The number of methoxy groups -OCH3 is 1. The maximum atomic E-state index is 6.25. The Hall–Kier alpha value is -1.62. The second kappa shape index (κ2) is 13.0. The Morgan fingerprint density at radius 2 is 1.55 bits per heavy atom. The SMILES string of the molecule is CCCCCCCCCCCCSc1ccc(-n2nc(C(C)(C)C)cc2N)c(OC)c1. The minimum atomic E-state index is -0.0442. The van der Waals surface area contributed by atoms with E-state index in [0.717, 1.165) is 22.9 Å². The van der Waals surface area contributed by atoms with Crippen molar-refractivity contribution in [2.75, 3.05) is 18.6 Å². The fourth-order valence-corrected chi connectivity index (χ4v) is 4.60. The van der Waals surface area contributed by atoms with Crippen molar-refractivity contribution >= 4 is 17.6 Å². The summed E-state index contributed by atoms with van der Waals surface area (Å²) in [5.74, 6) is 2.59. The van der Waals surface area contributed by atoms with E-state index in [2.05, 4.69) is 45.9 Å². The zero-order valence-corrected chi connectivity index (χ0v) is 21.2. The zero-order chi connectivity index (χ0) is 22.7. The van der Waals surface area contributed by atoms with Crippen LogP contribution in [0.15, 0.2) is 29.2 Å². The van der Waals surface area contributed by atoms with Crippen molar-refractivity contribution < 1.29 is 4.74 Å². The second-order valence-corrected chi connectivity index (χ2v) is 10.6. The molecule has 5 heteroatoms. The second-order valence-electron chi connectivity index (χ2n) is 9.48. The van der Waals surface area contributed by atoms with E-state index >= 15 is 0 Å². The average Bonchev–Trinajstić information content (AvgIpc) is 3.13. The largest absolute Gasteiger partial charge is 0.494 e. The zero-order valence-electron chi connectivity index (χ0n) is 20.4. The molecule has 2 rings (SSSR count). The van der Waals surface area contributed by atoms with Crippen LogP contribution in [0.2, 0.25) is 0 Å². The summed E-state index contributed by atoms with van der Waals surface area (Å²) < 4.78 is 7.46. The molecule has 0 saturated carbocycles. The number of nitrogens with zero attached hydrogens (tertiary/aromatic N) is 2. The van der Waals surface area contributed by atoms with Crippen LogP contribution in [0.5, 0.6) is 5.75 Å². The summed E-state index contributed by atoms with van der Waals surface area (Å²) in [5, 5.41) is 4.73. The molecule has 0 aliphatic rings. The van der Waals surface area contributed by atoms with E-state index < -0.39 is 0 Å². The summed E-state index contributed by atoms with van der Waals surface area (Å²) in [6, 6.07) is 8.27. The Kier molecular flexibility index (Phi) is 10.8. The first-order chi connectivity index (χ1) is 14.9. The van der Waals surface area contributed by atoms with Crippen LogP contribution in [-0.4, -0.2) is 22.6 Å². The first kappa shape index (κ1) is 25.6. The van der Waals surface area contributed by atoms with Gasteiger partial charge in [0.05, 0.1) is 12.8 Å². The minimum absolute atomic E-state index is 0.0442. The number of nitrogen functional groups attached to an aromatic ring is 1. The van der Waals surface area contributed by atoms with Gasteiger partial charge in [0.15, 0.2) is 0 Å². The molecule has 0 bridgehead atoms. The molecule has 31 heavy (non-hydrogen) atoms. The lowest BCUT2D eigenvalue weighted by atomic mass is 9.92. The summed E-state index contributed by atoms with van der Waals surface area (Å²) in [6.07, 6.45) is 13.7. The highest BCUT2D eigenvalue weighted by molar-refractivity contribution is 7.99. The van der Waals surface area contributed by atoms with E-state index in [1.807, 2.05) is 17.8 Å². The highest BCUT2D eigenvalue weighted by atomic mass is 32.2. The third-order valence-corrected chi connectivity index (χ3v) is 6.73. The van der Waals surface area contributed by atoms with Crippen molar-refractivity contribution in [3.63, 3.8) is 0 Å². The number of unbranched alkanes of at least 4 members (excludes halogenated alkanes) is 9. The number of thioether (sulfide) groups is 1. The normalized spacial score (nSPS) is 11.8. The van der Waals surface area contributed by atoms with Crippen molar-refractivity contribution in [3.05, 3.63) is 30.0 Å². The Labute approximate surface area is 194 Å². The molecule has 174 valence electrons. The molecule has 0 aliphatic heterocycles. The number of aromatic nitrogens is 2. The predicted octanol–water partition coefficient (Wildman–Crippen LogP) is 7.77. The molecule has 0 amide bonds. The first-order valence-corrected chi connectivity index (χ1v) is 13.0. The van der Waals surface area contributed by atoms with Gasteiger partial charge < -0.3 is 10.5 Å². The van der Waals surface area contributed by atoms with Crippen LogP contribution in [0, 0.1) is 0 Å². The van der Waals surface area contributed by atoms with E-state index in [9.17, 15) is 0 Å². The van der Waals surface area contributed by atoms with E-state index in [-0.39, 0.29) is 5.41 Å². The van der Waals surface area contributed by atoms with Gasteiger partial charge >= 0.3 is 0 Å². The molecular formula is C26H43N3OS. The number of hydrogen-bond acceptors (Lipinski definition) is 4. The minimum Gasteiger partial charge on any atom is -0.494 e. The smallest absolute Gasteiger partial charge is 0.145 e. The van der Waals surface area contributed by atoms with Crippen LogP contribution in [-0.2, 0) is 5.41 Å². The number of hydrogen-bond donors (Lipinski definition) is 1. The highest BCUT2D eigenvalue weighted by Crippen LogP contribution is 2.32. The Morgan fingerprint density at radius 1 is 0.935 bits per heavy atom. The lowest BCUT2D eigenvalue weighted by Crippen LogP contribution is -2.12. The average molecular weight is 446 g/mol. The van der Waals surface area contributed by atoms with Gasteiger partial charge in [0.2, 0.25) is 0 Å². The molecule has 0 atom stereocenters. The third kappa shape index (κ3) is 8.44. The van der Waals surface area contributed by atoms with Gasteiger partial charge in [-0.2, -0.15) is 5.10 Å². The molecule has 0 aliphatic carbocycles. The summed E-state index contributed by atoms with van der Waals surface area (Å²) in [7, 11) is 1.71. The molecule has 0 fully saturated rings. The van der Waals surface area contributed by atoms with Crippen molar-refractivity contribution in [1.82, 2.24) is 9.78 Å². The van der Waals surface area contributed by atoms with Crippen molar-refractivity contribution in [1.29, 1.82) is 0 Å². The Morgan fingerprint density at radius 3 is 2.10 bits per heavy atom.